The molecule has 1 aromatic rings. The Labute approximate surface area is 86.1 Å². The van der Waals surface area contributed by atoms with E-state index >= 15 is 0 Å². The van der Waals surface area contributed by atoms with E-state index in [2.05, 4.69) is 5.10 Å². The molecule has 0 saturated carbocycles. The summed E-state index contributed by atoms with van der Waals surface area (Å²) in [4.78, 5) is 0. The summed E-state index contributed by atoms with van der Waals surface area (Å²) >= 11 is 0. The molecule has 1 aromatic heterocycles. The lowest BCUT2D eigenvalue weighted by Gasteiger charge is -2.13. The fourth-order valence-electron chi connectivity index (χ4n) is 1.11. The summed E-state index contributed by atoms with van der Waals surface area (Å²) in [5.74, 6) is 0. The summed E-state index contributed by atoms with van der Waals surface area (Å²) in [6, 6.07) is -0.139. The zero-order chi connectivity index (χ0) is 11.6. The minimum Gasteiger partial charge on any atom is -0.320 e. The van der Waals surface area contributed by atoms with Crippen LogP contribution in [0.1, 0.15) is 25.6 Å². The summed E-state index contributed by atoms with van der Waals surface area (Å²) in [6.45, 7) is 3.81. The molecule has 0 aromatic carbocycles. The Morgan fingerprint density at radius 2 is 2.07 bits per heavy atom. The highest BCUT2D eigenvalue weighted by atomic mass is 19.4. The van der Waals surface area contributed by atoms with Crippen LogP contribution >= 0.6 is 0 Å². The third kappa shape index (κ3) is 3.23. The van der Waals surface area contributed by atoms with Crippen LogP contribution in [0.25, 0.3) is 0 Å². The first-order valence-corrected chi connectivity index (χ1v) is 4.67. The first-order chi connectivity index (χ1) is 6.80. The molecule has 2 N–H and O–H groups in total. The highest BCUT2D eigenvalue weighted by Gasteiger charge is 2.36. The Hall–Kier alpha value is -1.04. The minimum absolute atomic E-state index is 0.140. The van der Waals surface area contributed by atoms with Gasteiger partial charge in [0, 0.05) is 18.7 Å². The zero-order valence-corrected chi connectivity index (χ0v) is 8.62. The molecular weight excluding hydrogens is 207 g/mol. The van der Waals surface area contributed by atoms with Crippen LogP contribution in [0.15, 0.2) is 12.3 Å². The maximum absolute atomic E-state index is 12.1. The van der Waals surface area contributed by atoms with Gasteiger partial charge in [-0.05, 0) is 19.9 Å². The fraction of sp³-hybridized carbons (Fsp3) is 0.667. The van der Waals surface area contributed by atoms with Crippen LogP contribution in [0.4, 0.5) is 13.2 Å². The highest BCUT2D eigenvalue weighted by molar-refractivity contribution is 5.02. The van der Waals surface area contributed by atoms with Gasteiger partial charge < -0.3 is 5.73 Å². The van der Waals surface area contributed by atoms with E-state index in [1.165, 1.54) is 0 Å². The van der Waals surface area contributed by atoms with Crippen LogP contribution in [-0.4, -0.2) is 22.0 Å². The van der Waals surface area contributed by atoms with Gasteiger partial charge in [-0.1, -0.05) is 0 Å². The molecule has 0 bridgehead atoms. The number of halogens is 3. The van der Waals surface area contributed by atoms with Gasteiger partial charge in [-0.3, -0.25) is 4.68 Å². The Morgan fingerprint density at radius 1 is 1.47 bits per heavy atom. The molecule has 86 valence electrons. The van der Waals surface area contributed by atoms with Crippen molar-refractivity contribution in [2.45, 2.75) is 38.5 Å². The van der Waals surface area contributed by atoms with Crippen molar-refractivity contribution < 1.29 is 13.2 Å². The molecule has 3 nitrogen and oxygen atoms in total. The van der Waals surface area contributed by atoms with E-state index in [4.69, 9.17) is 5.73 Å². The fourth-order valence-corrected chi connectivity index (χ4v) is 1.11. The molecule has 0 radical (unpaired) electrons. The standard InChI is InChI=1S/C9H14F3N3/c1-6(2)15-4-3-7(14-15)5-8(13)9(10,11)12/h3-4,6,8H,5,13H2,1-2H3. The molecule has 0 fully saturated rings. The van der Waals surface area contributed by atoms with Crippen molar-refractivity contribution in [2.75, 3.05) is 0 Å². The summed E-state index contributed by atoms with van der Waals surface area (Å²) in [5.41, 5.74) is 5.36. The average Bonchev–Trinajstić information content (AvgIpc) is 2.50. The topological polar surface area (TPSA) is 43.8 Å². The van der Waals surface area contributed by atoms with Gasteiger partial charge in [0.05, 0.1) is 5.69 Å². The Kier molecular flexibility index (Phi) is 3.38. The molecule has 15 heavy (non-hydrogen) atoms. The van der Waals surface area contributed by atoms with Crippen LogP contribution in [0, 0.1) is 0 Å². The largest absolute Gasteiger partial charge is 0.404 e. The molecular formula is C9H14F3N3. The van der Waals surface area contributed by atoms with E-state index < -0.39 is 12.2 Å². The van der Waals surface area contributed by atoms with Crippen LogP contribution < -0.4 is 5.73 Å². The lowest BCUT2D eigenvalue weighted by molar-refractivity contribution is -0.147. The Bertz CT molecular complexity index is 317. The SMILES string of the molecule is CC(C)n1ccc(CC(N)C(F)(F)F)n1. The zero-order valence-electron chi connectivity index (χ0n) is 8.62. The predicted octanol–water partition coefficient (Wildman–Crippen LogP) is 1.90. The quantitative estimate of drug-likeness (QED) is 0.847. The van der Waals surface area contributed by atoms with E-state index in [-0.39, 0.29) is 12.5 Å². The second-order valence-electron chi connectivity index (χ2n) is 3.73. The van der Waals surface area contributed by atoms with E-state index in [0.717, 1.165) is 0 Å². The molecule has 0 saturated heterocycles. The van der Waals surface area contributed by atoms with E-state index in [1.807, 2.05) is 13.8 Å². The molecule has 0 aliphatic carbocycles. The normalized spacial score (nSPS) is 14.6. The van der Waals surface area contributed by atoms with E-state index in [1.54, 1.807) is 16.9 Å². The lowest BCUT2D eigenvalue weighted by atomic mass is 10.2. The van der Waals surface area contributed by atoms with Crippen molar-refractivity contribution in [1.29, 1.82) is 0 Å². The van der Waals surface area contributed by atoms with Crippen LogP contribution in [0.2, 0.25) is 0 Å². The lowest BCUT2D eigenvalue weighted by Crippen LogP contribution is -2.39. The number of nitrogens with zero attached hydrogens (tertiary/aromatic N) is 2. The Morgan fingerprint density at radius 3 is 2.47 bits per heavy atom. The van der Waals surface area contributed by atoms with Crippen molar-refractivity contribution in [1.82, 2.24) is 9.78 Å². The van der Waals surface area contributed by atoms with Crippen LogP contribution in [0.5, 0.6) is 0 Å². The first-order valence-electron chi connectivity index (χ1n) is 4.67. The maximum Gasteiger partial charge on any atom is 0.404 e. The van der Waals surface area contributed by atoms with Gasteiger partial charge in [-0.15, -0.1) is 0 Å². The van der Waals surface area contributed by atoms with Gasteiger partial charge in [-0.25, -0.2) is 0 Å². The second-order valence-corrected chi connectivity index (χ2v) is 3.73. The van der Waals surface area contributed by atoms with E-state index in [0.29, 0.717) is 5.69 Å². The van der Waals surface area contributed by atoms with Crippen molar-refractivity contribution in [3.05, 3.63) is 18.0 Å². The minimum atomic E-state index is -4.36. The van der Waals surface area contributed by atoms with Crippen molar-refractivity contribution in [2.24, 2.45) is 5.73 Å². The number of hydrogen-bond acceptors (Lipinski definition) is 2. The molecule has 1 rings (SSSR count). The van der Waals surface area contributed by atoms with Crippen molar-refractivity contribution in [3.8, 4) is 0 Å². The van der Waals surface area contributed by atoms with Gasteiger partial charge in [0.25, 0.3) is 0 Å². The number of hydrogen-bond donors (Lipinski definition) is 1. The predicted molar refractivity (Wildman–Crippen MR) is 50.3 cm³/mol. The summed E-state index contributed by atoms with van der Waals surface area (Å²) in [6.07, 6.45) is -2.98. The third-order valence-electron chi connectivity index (χ3n) is 2.04. The van der Waals surface area contributed by atoms with Crippen LogP contribution in [-0.2, 0) is 6.42 Å². The third-order valence-corrected chi connectivity index (χ3v) is 2.04. The molecule has 0 aliphatic rings. The summed E-state index contributed by atoms with van der Waals surface area (Å²) in [5, 5.41) is 4.00. The molecule has 1 atom stereocenters. The monoisotopic (exact) mass is 221 g/mol. The average molecular weight is 221 g/mol. The van der Waals surface area contributed by atoms with Crippen molar-refractivity contribution in [3.63, 3.8) is 0 Å². The first kappa shape index (κ1) is 12.0. The van der Waals surface area contributed by atoms with Gasteiger partial charge in [0.2, 0.25) is 0 Å². The molecule has 0 amide bonds. The highest BCUT2D eigenvalue weighted by Crippen LogP contribution is 2.21. The number of aromatic nitrogens is 2. The summed E-state index contributed by atoms with van der Waals surface area (Å²) in [7, 11) is 0. The summed E-state index contributed by atoms with van der Waals surface area (Å²) < 4.78 is 38.0. The molecule has 0 aliphatic heterocycles. The van der Waals surface area contributed by atoms with Gasteiger partial charge in [0.1, 0.15) is 6.04 Å². The molecule has 0 spiro atoms. The molecule has 1 heterocycles. The number of alkyl halides is 3. The van der Waals surface area contributed by atoms with Gasteiger partial charge in [-0.2, -0.15) is 18.3 Å². The Balaban J connectivity index is 2.65. The van der Waals surface area contributed by atoms with E-state index in [9.17, 15) is 13.2 Å². The van der Waals surface area contributed by atoms with Gasteiger partial charge in [0.15, 0.2) is 0 Å². The molecule has 6 heteroatoms. The molecule has 1 unspecified atom stereocenters. The number of rotatable bonds is 3. The maximum atomic E-state index is 12.1. The van der Waals surface area contributed by atoms with Gasteiger partial charge >= 0.3 is 6.18 Å². The smallest absolute Gasteiger partial charge is 0.320 e. The van der Waals surface area contributed by atoms with Crippen molar-refractivity contribution >= 4 is 0 Å². The number of nitrogens with two attached hydrogens (primary N) is 1. The van der Waals surface area contributed by atoms with Crippen LogP contribution in [0.3, 0.4) is 0 Å². The second kappa shape index (κ2) is 4.22.